The van der Waals surface area contributed by atoms with Gasteiger partial charge >= 0.3 is 0 Å². The third kappa shape index (κ3) is 3.33. The molecule has 19 heavy (non-hydrogen) atoms. The van der Waals surface area contributed by atoms with Crippen LogP contribution in [0.2, 0.25) is 0 Å². The van der Waals surface area contributed by atoms with Crippen LogP contribution >= 0.6 is 0 Å². The molecule has 104 valence electrons. The molecule has 1 saturated heterocycles. The minimum absolute atomic E-state index is 0.0388. The van der Waals surface area contributed by atoms with E-state index in [1.165, 1.54) is 0 Å². The van der Waals surface area contributed by atoms with Crippen molar-refractivity contribution >= 4 is 5.91 Å². The summed E-state index contributed by atoms with van der Waals surface area (Å²) in [4.78, 5) is 12.4. The Morgan fingerprint density at radius 3 is 2.58 bits per heavy atom. The Bertz CT molecular complexity index is 413. The molecule has 0 spiro atoms. The Kier molecular flexibility index (Phi) is 4.56. The van der Waals surface area contributed by atoms with Crippen LogP contribution in [0.25, 0.3) is 0 Å². The molecule has 1 aromatic rings. The minimum Gasteiger partial charge on any atom is -0.394 e. The zero-order valence-electron chi connectivity index (χ0n) is 11.4. The first-order valence-electron chi connectivity index (χ1n) is 6.83. The second-order valence-corrected chi connectivity index (χ2v) is 5.43. The van der Waals surface area contributed by atoms with Gasteiger partial charge in [0.25, 0.3) is 0 Å². The monoisotopic (exact) mass is 262 g/mol. The fourth-order valence-electron chi connectivity index (χ4n) is 2.46. The van der Waals surface area contributed by atoms with Crippen molar-refractivity contribution in [1.29, 1.82) is 0 Å². The van der Waals surface area contributed by atoms with E-state index >= 15 is 0 Å². The number of aliphatic hydroxyl groups is 1. The van der Waals surface area contributed by atoms with Crippen LogP contribution in [0.15, 0.2) is 30.3 Å². The fourth-order valence-corrected chi connectivity index (χ4v) is 2.46. The maximum Gasteiger partial charge on any atom is 0.226 e. The Balaban J connectivity index is 2.04. The number of benzene rings is 1. The maximum atomic E-state index is 12.4. The van der Waals surface area contributed by atoms with Gasteiger partial charge in [0.1, 0.15) is 0 Å². The van der Waals surface area contributed by atoms with E-state index in [-0.39, 0.29) is 24.0 Å². The summed E-state index contributed by atoms with van der Waals surface area (Å²) in [6.45, 7) is 3.67. The van der Waals surface area contributed by atoms with Crippen molar-refractivity contribution in [2.75, 3.05) is 19.7 Å². The Morgan fingerprint density at radius 1 is 1.37 bits per heavy atom. The summed E-state index contributed by atoms with van der Waals surface area (Å²) in [6, 6.07) is 9.28. The Labute approximate surface area is 114 Å². The molecular weight excluding hydrogens is 240 g/mol. The summed E-state index contributed by atoms with van der Waals surface area (Å²) in [5.74, 6) is 0.0388. The molecule has 1 aliphatic heterocycles. The highest BCUT2D eigenvalue weighted by atomic mass is 16.3. The predicted octanol–water partition coefficient (Wildman–Crippen LogP) is 1.23. The van der Waals surface area contributed by atoms with E-state index in [4.69, 9.17) is 0 Å². The van der Waals surface area contributed by atoms with Gasteiger partial charge in [0.15, 0.2) is 0 Å². The van der Waals surface area contributed by atoms with Crippen molar-refractivity contribution in [2.24, 2.45) is 5.41 Å². The van der Waals surface area contributed by atoms with Gasteiger partial charge in [-0.05, 0) is 31.5 Å². The molecule has 0 saturated carbocycles. The molecule has 1 atom stereocenters. The molecule has 4 nitrogen and oxygen atoms in total. The number of rotatable bonds is 4. The molecule has 0 aliphatic carbocycles. The molecule has 0 aromatic heterocycles. The first-order valence-corrected chi connectivity index (χ1v) is 6.83. The van der Waals surface area contributed by atoms with Gasteiger partial charge in [-0.15, -0.1) is 0 Å². The lowest BCUT2D eigenvalue weighted by Gasteiger charge is -2.34. The maximum absolute atomic E-state index is 12.4. The number of hydrogen-bond donors (Lipinski definition) is 3. The van der Waals surface area contributed by atoms with Gasteiger partial charge < -0.3 is 15.7 Å². The summed E-state index contributed by atoms with van der Waals surface area (Å²) < 4.78 is 0. The van der Waals surface area contributed by atoms with Crippen LogP contribution in [0, 0.1) is 5.41 Å². The van der Waals surface area contributed by atoms with Gasteiger partial charge in [0, 0.05) is 5.41 Å². The van der Waals surface area contributed by atoms with Crippen LogP contribution < -0.4 is 10.6 Å². The van der Waals surface area contributed by atoms with Crippen molar-refractivity contribution in [3.05, 3.63) is 35.9 Å². The lowest BCUT2D eigenvalue weighted by atomic mass is 9.80. The average Bonchev–Trinajstić information content (AvgIpc) is 2.46. The molecule has 1 heterocycles. The largest absolute Gasteiger partial charge is 0.394 e. The second kappa shape index (κ2) is 6.17. The van der Waals surface area contributed by atoms with Crippen LogP contribution in [0.1, 0.15) is 31.4 Å². The average molecular weight is 262 g/mol. The van der Waals surface area contributed by atoms with Crippen molar-refractivity contribution < 1.29 is 9.90 Å². The Morgan fingerprint density at radius 2 is 2.00 bits per heavy atom. The van der Waals surface area contributed by atoms with Gasteiger partial charge in [0.2, 0.25) is 5.91 Å². The van der Waals surface area contributed by atoms with Crippen LogP contribution in [0.5, 0.6) is 0 Å². The highest BCUT2D eigenvalue weighted by molar-refractivity contribution is 5.82. The van der Waals surface area contributed by atoms with Crippen molar-refractivity contribution in [3.63, 3.8) is 0 Å². The topological polar surface area (TPSA) is 61.4 Å². The molecule has 1 aromatic carbocycles. The van der Waals surface area contributed by atoms with Crippen LogP contribution in [-0.2, 0) is 4.79 Å². The van der Waals surface area contributed by atoms with Gasteiger partial charge in [-0.1, -0.05) is 37.3 Å². The summed E-state index contributed by atoms with van der Waals surface area (Å²) >= 11 is 0. The van der Waals surface area contributed by atoms with Crippen molar-refractivity contribution in [2.45, 2.75) is 25.8 Å². The number of hydrogen-bond acceptors (Lipinski definition) is 3. The molecule has 1 fully saturated rings. The first-order chi connectivity index (χ1) is 9.15. The number of aliphatic hydroxyl groups excluding tert-OH is 1. The number of carbonyl (C=O) groups is 1. The minimum atomic E-state index is -0.326. The summed E-state index contributed by atoms with van der Waals surface area (Å²) in [6.07, 6.45) is 1.68. The molecule has 0 unspecified atom stereocenters. The fraction of sp³-hybridized carbons (Fsp3) is 0.533. The normalized spacial score (nSPS) is 19.7. The smallest absolute Gasteiger partial charge is 0.226 e. The van der Waals surface area contributed by atoms with Gasteiger partial charge in [-0.3, -0.25) is 4.79 Å². The second-order valence-electron chi connectivity index (χ2n) is 5.43. The Hall–Kier alpha value is -1.39. The highest BCUT2D eigenvalue weighted by Gasteiger charge is 2.35. The first kappa shape index (κ1) is 14.0. The molecule has 0 radical (unpaired) electrons. The molecule has 4 heteroatoms. The molecule has 1 aliphatic rings. The van der Waals surface area contributed by atoms with E-state index in [1.54, 1.807) is 0 Å². The molecule has 3 N–H and O–H groups in total. The summed E-state index contributed by atoms with van der Waals surface area (Å²) in [5, 5.41) is 15.7. The van der Waals surface area contributed by atoms with Crippen molar-refractivity contribution in [1.82, 2.24) is 10.6 Å². The zero-order chi connectivity index (χ0) is 13.7. The van der Waals surface area contributed by atoms with Crippen molar-refractivity contribution in [3.8, 4) is 0 Å². The zero-order valence-corrected chi connectivity index (χ0v) is 11.4. The van der Waals surface area contributed by atoms with Crippen LogP contribution in [-0.4, -0.2) is 30.7 Å². The molecular formula is C15H22N2O2. The van der Waals surface area contributed by atoms with E-state index in [1.807, 2.05) is 37.3 Å². The summed E-state index contributed by atoms with van der Waals surface area (Å²) in [5.41, 5.74) is 0.615. The number of nitrogens with one attached hydrogen (secondary N) is 2. The third-order valence-corrected chi connectivity index (χ3v) is 3.95. The van der Waals surface area contributed by atoms with E-state index in [0.29, 0.717) is 0 Å². The lowest BCUT2D eigenvalue weighted by molar-refractivity contribution is -0.132. The SMILES string of the molecule is CC1(C(=O)N[C@@H](CO)c2ccccc2)CCNCC1. The van der Waals surface area contributed by atoms with Gasteiger partial charge in [-0.25, -0.2) is 0 Å². The third-order valence-electron chi connectivity index (χ3n) is 3.95. The lowest BCUT2D eigenvalue weighted by Crippen LogP contribution is -2.47. The molecule has 0 bridgehead atoms. The molecule has 2 rings (SSSR count). The van der Waals surface area contributed by atoms with E-state index in [9.17, 15) is 9.90 Å². The predicted molar refractivity (Wildman–Crippen MR) is 74.6 cm³/mol. The number of carbonyl (C=O) groups excluding carboxylic acids is 1. The highest BCUT2D eigenvalue weighted by Crippen LogP contribution is 2.29. The van der Waals surface area contributed by atoms with E-state index < -0.39 is 0 Å². The standard InChI is InChI=1S/C15H22N2O2/c1-15(7-9-16-10-8-15)14(19)17-13(11-18)12-5-3-2-4-6-12/h2-6,13,16,18H,7-11H2,1H3,(H,17,19)/t13-/m0/s1. The number of amides is 1. The van der Waals surface area contributed by atoms with Crippen LogP contribution in [0.4, 0.5) is 0 Å². The summed E-state index contributed by atoms with van der Waals surface area (Å²) in [7, 11) is 0. The molecule has 1 amide bonds. The van der Waals surface area contributed by atoms with Gasteiger partial charge in [0.05, 0.1) is 12.6 Å². The van der Waals surface area contributed by atoms with E-state index in [0.717, 1.165) is 31.5 Å². The number of piperidine rings is 1. The quantitative estimate of drug-likeness (QED) is 0.765. The van der Waals surface area contributed by atoms with E-state index in [2.05, 4.69) is 10.6 Å². The van der Waals surface area contributed by atoms with Crippen LogP contribution in [0.3, 0.4) is 0 Å². The van der Waals surface area contributed by atoms with Gasteiger partial charge in [-0.2, -0.15) is 0 Å².